The van der Waals surface area contributed by atoms with E-state index in [2.05, 4.69) is 18.7 Å². The molecule has 1 saturated heterocycles. The molecule has 0 amide bonds. The lowest BCUT2D eigenvalue weighted by atomic mass is 10.2. The molecule has 1 fully saturated rings. The Kier molecular flexibility index (Phi) is 3.43. The van der Waals surface area contributed by atoms with Crippen molar-refractivity contribution in [3.8, 4) is 0 Å². The summed E-state index contributed by atoms with van der Waals surface area (Å²) in [5, 5.41) is 8.14. The molecular formula is C5H5BO8. The van der Waals surface area contributed by atoms with Gasteiger partial charge in [0.05, 0.1) is 0 Å². The minimum atomic E-state index is -1.45. The lowest BCUT2D eigenvalue weighted by molar-refractivity contribution is -0.150. The van der Waals surface area contributed by atoms with Crippen LogP contribution >= 0.6 is 0 Å². The van der Waals surface area contributed by atoms with Crippen molar-refractivity contribution in [2.75, 3.05) is 13.4 Å². The van der Waals surface area contributed by atoms with Gasteiger partial charge in [0.2, 0.25) is 0 Å². The van der Waals surface area contributed by atoms with Gasteiger partial charge in [-0.1, -0.05) is 0 Å². The second-order valence-corrected chi connectivity index (χ2v) is 2.13. The number of hydrogen-bond donors (Lipinski definition) is 1. The molecule has 0 spiro atoms. The monoisotopic (exact) mass is 204 g/mol. The maximum Gasteiger partial charge on any atom is 0.794 e. The van der Waals surface area contributed by atoms with Gasteiger partial charge in [0, 0.05) is 0 Å². The molecule has 0 bridgehead atoms. The molecule has 14 heavy (non-hydrogen) atoms. The molecule has 8 nitrogen and oxygen atoms in total. The van der Waals surface area contributed by atoms with E-state index in [0.717, 1.165) is 0 Å². The summed E-state index contributed by atoms with van der Waals surface area (Å²) >= 11 is 0. The Balaban J connectivity index is 2.11. The fraction of sp³-hybridized carbons (Fsp3) is 0.400. The van der Waals surface area contributed by atoms with Crippen molar-refractivity contribution in [2.24, 2.45) is 0 Å². The molecule has 0 atom stereocenters. The number of ether oxygens (including phenoxy) is 1. The zero-order chi connectivity index (χ0) is 10.6. The minimum Gasteiger partial charge on any atom is -0.480 e. The first kappa shape index (κ1) is 10.5. The van der Waals surface area contributed by atoms with Crippen molar-refractivity contribution in [2.45, 2.75) is 0 Å². The van der Waals surface area contributed by atoms with E-state index in [-0.39, 0.29) is 0 Å². The molecule has 1 rings (SSSR count). The number of carboxylic acid groups (broad SMARTS) is 1. The van der Waals surface area contributed by atoms with Crippen molar-refractivity contribution < 1.29 is 38.2 Å². The highest BCUT2D eigenvalue weighted by Gasteiger charge is 2.43. The number of carbonyl (C=O) groups is 3. The number of carboxylic acids is 1. The summed E-state index contributed by atoms with van der Waals surface area (Å²) in [5.74, 6) is -3.49. The minimum absolute atomic E-state index is 0.461. The summed E-state index contributed by atoms with van der Waals surface area (Å²) in [7, 11) is -1.45. The second kappa shape index (κ2) is 4.58. The highest BCUT2D eigenvalue weighted by Crippen LogP contribution is 2.03. The van der Waals surface area contributed by atoms with E-state index in [1.807, 2.05) is 0 Å². The van der Waals surface area contributed by atoms with Crippen LogP contribution in [0.3, 0.4) is 0 Å². The van der Waals surface area contributed by atoms with Crippen LogP contribution in [0, 0.1) is 0 Å². The fourth-order valence-corrected chi connectivity index (χ4v) is 0.596. The van der Waals surface area contributed by atoms with Crippen LogP contribution in [0.15, 0.2) is 0 Å². The first-order valence-electron chi connectivity index (χ1n) is 3.42. The Morgan fingerprint density at radius 2 is 1.93 bits per heavy atom. The van der Waals surface area contributed by atoms with Crippen molar-refractivity contribution in [3.05, 3.63) is 0 Å². The molecule has 1 heterocycles. The number of aliphatic carboxylic acids is 1. The van der Waals surface area contributed by atoms with Crippen molar-refractivity contribution in [1.29, 1.82) is 0 Å². The zero-order valence-corrected chi connectivity index (χ0v) is 6.80. The summed E-state index contributed by atoms with van der Waals surface area (Å²) in [6.07, 6.45) is 0. The first-order valence-corrected chi connectivity index (χ1v) is 3.42. The fourth-order valence-electron chi connectivity index (χ4n) is 0.596. The second-order valence-electron chi connectivity index (χ2n) is 2.13. The summed E-state index contributed by atoms with van der Waals surface area (Å²) in [4.78, 5) is 30.8. The van der Waals surface area contributed by atoms with Crippen molar-refractivity contribution >= 4 is 25.2 Å². The van der Waals surface area contributed by atoms with E-state index in [1.165, 1.54) is 0 Å². The first-order chi connectivity index (χ1) is 6.59. The number of hydrogen-bond acceptors (Lipinski definition) is 7. The SMILES string of the molecule is O=C(O)COCOB1OC(=O)C(=O)O1. The summed E-state index contributed by atoms with van der Waals surface area (Å²) < 4.78 is 17.4. The highest BCUT2D eigenvalue weighted by molar-refractivity contribution is 6.55. The van der Waals surface area contributed by atoms with Crippen LogP contribution < -0.4 is 0 Å². The summed E-state index contributed by atoms with van der Waals surface area (Å²) in [6.45, 7) is -1.02. The summed E-state index contributed by atoms with van der Waals surface area (Å²) in [5.41, 5.74) is 0. The molecule has 1 N–H and O–H groups in total. The van der Waals surface area contributed by atoms with Gasteiger partial charge in [0.25, 0.3) is 0 Å². The van der Waals surface area contributed by atoms with Crippen LogP contribution in [-0.2, 0) is 33.1 Å². The Labute approximate surface area is 77.9 Å². The van der Waals surface area contributed by atoms with E-state index in [4.69, 9.17) is 5.11 Å². The molecule has 0 aromatic rings. The van der Waals surface area contributed by atoms with Crippen LogP contribution in [0.5, 0.6) is 0 Å². The third-order valence-corrected chi connectivity index (χ3v) is 1.09. The average Bonchev–Trinajstić information content (AvgIpc) is 2.40. The number of carbonyl (C=O) groups excluding carboxylic acids is 2. The maximum atomic E-state index is 10.4. The van der Waals surface area contributed by atoms with Gasteiger partial charge in [0.1, 0.15) is 13.4 Å². The van der Waals surface area contributed by atoms with E-state index in [0.29, 0.717) is 0 Å². The van der Waals surface area contributed by atoms with E-state index < -0.39 is 38.6 Å². The van der Waals surface area contributed by atoms with Crippen LogP contribution in [0.25, 0.3) is 0 Å². The molecular weight excluding hydrogens is 199 g/mol. The van der Waals surface area contributed by atoms with Gasteiger partial charge in [-0.3, -0.25) is 0 Å². The highest BCUT2D eigenvalue weighted by atomic mass is 16.8. The Hall–Kier alpha value is -1.61. The molecule has 1 aliphatic rings. The molecule has 0 radical (unpaired) electrons. The predicted molar refractivity (Wildman–Crippen MR) is 37.5 cm³/mol. The number of rotatable bonds is 5. The van der Waals surface area contributed by atoms with Gasteiger partial charge < -0.3 is 23.8 Å². The van der Waals surface area contributed by atoms with Crippen LogP contribution in [0.1, 0.15) is 0 Å². The summed E-state index contributed by atoms with van der Waals surface area (Å²) in [6, 6.07) is 0. The molecule has 0 aromatic heterocycles. The van der Waals surface area contributed by atoms with Gasteiger partial charge in [-0.2, -0.15) is 0 Å². The lowest BCUT2D eigenvalue weighted by Gasteiger charge is -2.02. The molecule has 1 aliphatic heterocycles. The Morgan fingerprint density at radius 3 is 2.43 bits per heavy atom. The van der Waals surface area contributed by atoms with Gasteiger partial charge in [-0.05, 0) is 0 Å². The Morgan fingerprint density at radius 1 is 1.36 bits per heavy atom. The molecule has 76 valence electrons. The third kappa shape index (κ3) is 3.03. The van der Waals surface area contributed by atoms with E-state index in [9.17, 15) is 14.4 Å². The third-order valence-electron chi connectivity index (χ3n) is 1.09. The van der Waals surface area contributed by atoms with Crippen LogP contribution in [0.4, 0.5) is 0 Å². The average molecular weight is 204 g/mol. The quantitative estimate of drug-likeness (QED) is 0.240. The molecule has 0 aromatic carbocycles. The van der Waals surface area contributed by atoms with E-state index >= 15 is 0 Å². The van der Waals surface area contributed by atoms with Gasteiger partial charge in [-0.15, -0.1) is 0 Å². The molecule has 0 unspecified atom stereocenters. The van der Waals surface area contributed by atoms with Crippen LogP contribution in [-0.4, -0.2) is 43.7 Å². The standard InChI is InChI=1S/C5H5BO8/c7-3(8)1-11-2-12-6-13-4(9)5(10)14-6/h1-2H2,(H,7,8). The Bertz CT molecular complexity index is 246. The molecule has 0 saturated carbocycles. The van der Waals surface area contributed by atoms with Gasteiger partial charge in [-0.25, -0.2) is 14.4 Å². The predicted octanol–water partition coefficient (Wildman–Crippen LogP) is -1.85. The largest absolute Gasteiger partial charge is 0.794 e. The van der Waals surface area contributed by atoms with Gasteiger partial charge >= 0.3 is 25.2 Å². The van der Waals surface area contributed by atoms with Crippen molar-refractivity contribution in [1.82, 2.24) is 0 Å². The van der Waals surface area contributed by atoms with Gasteiger partial charge in [0.15, 0.2) is 0 Å². The zero-order valence-electron chi connectivity index (χ0n) is 6.80. The topological polar surface area (TPSA) is 108 Å². The van der Waals surface area contributed by atoms with Crippen molar-refractivity contribution in [3.63, 3.8) is 0 Å². The smallest absolute Gasteiger partial charge is 0.480 e. The molecule has 0 aliphatic carbocycles. The normalized spacial score (nSPS) is 15.3. The van der Waals surface area contributed by atoms with E-state index in [1.54, 1.807) is 0 Å². The lowest BCUT2D eigenvalue weighted by Crippen LogP contribution is -2.23. The maximum absolute atomic E-state index is 10.4. The molecule has 9 heteroatoms. The van der Waals surface area contributed by atoms with Crippen LogP contribution in [0.2, 0.25) is 0 Å².